The van der Waals surface area contributed by atoms with Gasteiger partial charge in [-0.1, -0.05) is 0 Å². The molecule has 100 valence electrons. The highest BCUT2D eigenvalue weighted by atomic mass is 16.5. The minimum absolute atomic E-state index is 0.251. The van der Waals surface area contributed by atoms with Crippen molar-refractivity contribution in [2.75, 3.05) is 13.7 Å². The topological polar surface area (TPSA) is 57.5 Å². The Morgan fingerprint density at radius 2 is 2.16 bits per heavy atom. The number of aromatic nitrogens is 1. The van der Waals surface area contributed by atoms with E-state index in [1.807, 2.05) is 19.1 Å². The number of esters is 1. The van der Waals surface area contributed by atoms with Crippen LogP contribution in [0.3, 0.4) is 0 Å². The van der Waals surface area contributed by atoms with Crippen LogP contribution in [0.1, 0.15) is 27.8 Å². The molecule has 0 radical (unpaired) electrons. The largest absolute Gasteiger partial charge is 0.494 e. The number of hydrogen-bond acceptors (Lipinski definition) is 4. The molecule has 5 nitrogen and oxygen atoms in total. The molecule has 0 atom stereocenters. The first kappa shape index (κ1) is 13.1. The molecule has 1 aromatic carbocycles. The van der Waals surface area contributed by atoms with E-state index in [-0.39, 0.29) is 5.69 Å². The van der Waals surface area contributed by atoms with E-state index in [0.717, 1.165) is 5.52 Å². The third kappa shape index (κ3) is 2.07. The van der Waals surface area contributed by atoms with Gasteiger partial charge < -0.3 is 14.0 Å². The van der Waals surface area contributed by atoms with Gasteiger partial charge in [0.1, 0.15) is 11.4 Å². The predicted octanol–water partition coefficient (Wildman–Crippen LogP) is 2.18. The van der Waals surface area contributed by atoms with Crippen LogP contribution < -0.4 is 4.74 Å². The van der Waals surface area contributed by atoms with Crippen LogP contribution in [0.5, 0.6) is 5.75 Å². The first-order chi connectivity index (χ1) is 9.13. The van der Waals surface area contributed by atoms with Gasteiger partial charge in [0.05, 0.1) is 19.3 Å². The summed E-state index contributed by atoms with van der Waals surface area (Å²) in [7, 11) is 3.02. The van der Waals surface area contributed by atoms with Crippen molar-refractivity contribution in [3.05, 3.63) is 29.5 Å². The van der Waals surface area contributed by atoms with Crippen LogP contribution in [0.15, 0.2) is 18.2 Å². The maximum atomic E-state index is 11.8. The summed E-state index contributed by atoms with van der Waals surface area (Å²) in [4.78, 5) is 23.0. The fraction of sp³-hybridized carbons (Fsp3) is 0.286. The normalized spacial score (nSPS) is 10.5. The van der Waals surface area contributed by atoms with Gasteiger partial charge in [0.2, 0.25) is 0 Å². The molecule has 0 bridgehead atoms. The van der Waals surface area contributed by atoms with Gasteiger partial charge in [0.25, 0.3) is 0 Å². The zero-order valence-electron chi connectivity index (χ0n) is 11.1. The number of aldehydes is 1. The first-order valence-corrected chi connectivity index (χ1v) is 5.92. The van der Waals surface area contributed by atoms with Crippen molar-refractivity contribution < 1.29 is 19.1 Å². The van der Waals surface area contributed by atoms with Gasteiger partial charge in [-0.15, -0.1) is 0 Å². The number of nitrogens with zero attached hydrogens (tertiary/aromatic N) is 1. The Balaban J connectivity index is 2.74. The minimum Gasteiger partial charge on any atom is -0.494 e. The van der Waals surface area contributed by atoms with E-state index in [0.29, 0.717) is 29.6 Å². The molecule has 0 amide bonds. The Labute approximate surface area is 110 Å². The number of aryl methyl sites for hydroxylation is 1. The van der Waals surface area contributed by atoms with Crippen molar-refractivity contribution in [3.8, 4) is 5.75 Å². The zero-order valence-corrected chi connectivity index (χ0v) is 11.1. The second kappa shape index (κ2) is 5.14. The average Bonchev–Trinajstić information content (AvgIpc) is 2.70. The van der Waals surface area contributed by atoms with Crippen molar-refractivity contribution in [2.45, 2.75) is 6.92 Å². The Kier molecular flexibility index (Phi) is 3.55. The maximum absolute atomic E-state index is 11.8. The third-order valence-electron chi connectivity index (χ3n) is 3.02. The standard InChI is InChI=1S/C14H15NO4/c1-4-19-9-5-6-12-10(7-9)11(8-16)13(15(12)2)14(17)18-3/h5-8H,4H2,1-3H3. The summed E-state index contributed by atoms with van der Waals surface area (Å²) in [5, 5.41) is 0.684. The quantitative estimate of drug-likeness (QED) is 0.625. The smallest absolute Gasteiger partial charge is 0.355 e. The Hall–Kier alpha value is -2.30. The van der Waals surface area contributed by atoms with Crippen LogP contribution in [-0.2, 0) is 11.8 Å². The number of carbonyl (C=O) groups is 2. The molecule has 1 aromatic heterocycles. The summed E-state index contributed by atoms with van der Waals surface area (Å²) in [5.74, 6) is 0.138. The number of hydrogen-bond donors (Lipinski definition) is 0. The Morgan fingerprint density at radius 1 is 1.42 bits per heavy atom. The highest BCUT2D eigenvalue weighted by Crippen LogP contribution is 2.28. The predicted molar refractivity (Wildman–Crippen MR) is 70.8 cm³/mol. The molecule has 0 aliphatic rings. The van der Waals surface area contributed by atoms with Crippen molar-refractivity contribution in [2.24, 2.45) is 7.05 Å². The van der Waals surface area contributed by atoms with Gasteiger partial charge in [-0.05, 0) is 25.1 Å². The molecule has 5 heteroatoms. The fourth-order valence-electron chi connectivity index (χ4n) is 2.17. The van der Waals surface area contributed by atoms with E-state index in [1.54, 1.807) is 17.7 Å². The van der Waals surface area contributed by atoms with Crippen LogP contribution in [0.2, 0.25) is 0 Å². The summed E-state index contributed by atoms with van der Waals surface area (Å²) >= 11 is 0. The van der Waals surface area contributed by atoms with E-state index in [2.05, 4.69) is 0 Å². The average molecular weight is 261 g/mol. The molecule has 0 aliphatic heterocycles. The molecule has 0 unspecified atom stereocenters. The maximum Gasteiger partial charge on any atom is 0.355 e. The molecule has 0 fully saturated rings. The van der Waals surface area contributed by atoms with Crippen LogP contribution in [0.4, 0.5) is 0 Å². The highest BCUT2D eigenvalue weighted by Gasteiger charge is 2.21. The summed E-state index contributed by atoms with van der Waals surface area (Å²) < 4.78 is 11.8. The van der Waals surface area contributed by atoms with Gasteiger partial charge >= 0.3 is 5.97 Å². The summed E-state index contributed by atoms with van der Waals surface area (Å²) in [6.45, 7) is 2.42. The summed E-state index contributed by atoms with van der Waals surface area (Å²) in [5.41, 5.74) is 1.36. The molecule has 2 rings (SSSR count). The number of ether oxygens (including phenoxy) is 2. The highest BCUT2D eigenvalue weighted by molar-refractivity contribution is 6.08. The zero-order chi connectivity index (χ0) is 14.0. The van der Waals surface area contributed by atoms with Crippen molar-refractivity contribution in [1.29, 1.82) is 0 Å². The van der Waals surface area contributed by atoms with Crippen molar-refractivity contribution >= 4 is 23.2 Å². The second-order valence-corrected chi connectivity index (χ2v) is 4.04. The Bertz CT molecular complexity index is 642. The van der Waals surface area contributed by atoms with Gasteiger partial charge in [-0.2, -0.15) is 0 Å². The number of methoxy groups -OCH3 is 1. The van der Waals surface area contributed by atoms with Crippen LogP contribution >= 0.6 is 0 Å². The van der Waals surface area contributed by atoms with E-state index in [9.17, 15) is 9.59 Å². The minimum atomic E-state index is -0.529. The lowest BCUT2D eigenvalue weighted by molar-refractivity contribution is 0.0588. The lowest BCUT2D eigenvalue weighted by Gasteiger charge is -2.03. The van der Waals surface area contributed by atoms with Gasteiger partial charge in [-0.25, -0.2) is 4.79 Å². The number of fused-ring (bicyclic) bond motifs is 1. The molecular formula is C14H15NO4. The number of rotatable bonds is 4. The summed E-state index contributed by atoms with van der Waals surface area (Å²) in [6, 6.07) is 5.39. The SMILES string of the molecule is CCOc1ccc2c(c1)c(C=O)c(C(=O)OC)n2C. The lowest BCUT2D eigenvalue weighted by Crippen LogP contribution is -2.09. The number of carbonyl (C=O) groups excluding carboxylic acids is 2. The van der Waals surface area contributed by atoms with E-state index in [1.165, 1.54) is 7.11 Å². The lowest BCUT2D eigenvalue weighted by atomic mass is 10.1. The van der Waals surface area contributed by atoms with Crippen LogP contribution in [0.25, 0.3) is 10.9 Å². The fourth-order valence-corrected chi connectivity index (χ4v) is 2.17. The Morgan fingerprint density at radius 3 is 2.74 bits per heavy atom. The summed E-state index contributed by atoms with van der Waals surface area (Å²) in [6.07, 6.45) is 0.671. The van der Waals surface area contributed by atoms with Crippen molar-refractivity contribution in [3.63, 3.8) is 0 Å². The molecule has 0 spiro atoms. The number of benzene rings is 1. The van der Waals surface area contributed by atoms with Crippen LogP contribution in [-0.4, -0.2) is 30.5 Å². The first-order valence-electron chi connectivity index (χ1n) is 5.92. The van der Waals surface area contributed by atoms with Gasteiger partial charge in [0.15, 0.2) is 6.29 Å². The van der Waals surface area contributed by atoms with E-state index < -0.39 is 5.97 Å². The van der Waals surface area contributed by atoms with Gasteiger partial charge in [-0.3, -0.25) is 4.79 Å². The van der Waals surface area contributed by atoms with Crippen LogP contribution in [0, 0.1) is 0 Å². The molecule has 0 saturated carbocycles. The second-order valence-electron chi connectivity index (χ2n) is 4.04. The molecular weight excluding hydrogens is 246 g/mol. The molecule has 0 aliphatic carbocycles. The third-order valence-corrected chi connectivity index (χ3v) is 3.02. The van der Waals surface area contributed by atoms with E-state index >= 15 is 0 Å². The van der Waals surface area contributed by atoms with Gasteiger partial charge in [0, 0.05) is 18.0 Å². The molecule has 0 N–H and O–H groups in total. The monoisotopic (exact) mass is 261 g/mol. The molecule has 1 heterocycles. The molecule has 19 heavy (non-hydrogen) atoms. The molecule has 2 aromatic rings. The van der Waals surface area contributed by atoms with Crippen molar-refractivity contribution in [1.82, 2.24) is 4.57 Å². The molecule has 0 saturated heterocycles. The van der Waals surface area contributed by atoms with E-state index in [4.69, 9.17) is 9.47 Å².